The predicted molar refractivity (Wildman–Crippen MR) is 81.6 cm³/mol. The van der Waals surface area contributed by atoms with Crippen LogP contribution in [0.15, 0.2) is 36.9 Å². The van der Waals surface area contributed by atoms with E-state index < -0.39 is 5.41 Å². The van der Waals surface area contributed by atoms with Crippen molar-refractivity contribution in [2.45, 2.75) is 26.8 Å². The maximum absolute atomic E-state index is 12.2. The fourth-order valence-corrected chi connectivity index (χ4v) is 1.87. The normalized spacial score (nSPS) is 13.7. The Morgan fingerprint density at radius 2 is 2.10 bits per heavy atom. The van der Waals surface area contributed by atoms with Crippen molar-refractivity contribution in [3.05, 3.63) is 42.5 Å². The monoisotopic (exact) mass is 287 g/mol. The Hall–Kier alpha value is -2.21. The molecule has 0 aliphatic heterocycles. The number of aromatic nitrogens is 3. The SMILES string of the molecule is CCC(C)(CN)C(=O)Nc1ccc(Cn2cncn2)cc1. The lowest BCUT2D eigenvalue weighted by molar-refractivity contribution is -0.124. The lowest BCUT2D eigenvalue weighted by atomic mass is 9.86. The third-order valence-electron chi connectivity index (χ3n) is 3.80. The molecule has 0 radical (unpaired) electrons. The molecule has 21 heavy (non-hydrogen) atoms. The van der Waals surface area contributed by atoms with E-state index in [1.807, 2.05) is 38.1 Å². The summed E-state index contributed by atoms with van der Waals surface area (Å²) in [5, 5.41) is 6.98. The Morgan fingerprint density at radius 1 is 1.38 bits per heavy atom. The van der Waals surface area contributed by atoms with Crippen LogP contribution in [-0.4, -0.2) is 27.2 Å². The zero-order valence-corrected chi connectivity index (χ0v) is 12.4. The summed E-state index contributed by atoms with van der Waals surface area (Å²) in [6, 6.07) is 7.69. The van der Waals surface area contributed by atoms with E-state index in [0.717, 1.165) is 11.3 Å². The van der Waals surface area contributed by atoms with Crippen LogP contribution in [0.2, 0.25) is 0 Å². The molecule has 1 unspecified atom stereocenters. The Bertz CT molecular complexity index is 573. The number of nitrogens with two attached hydrogens (primary N) is 1. The molecule has 0 fully saturated rings. The molecule has 6 nitrogen and oxygen atoms in total. The number of nitrogens with zero attached hydrogens (tertiary/aromatic N) is 3. The number of amides is 1. The van der Waals surface area contributed by atoms with Gasteiger partial charge in [0.2, 0.25) is 5.91 Å². The largest absolute Gasteiger partial charge is 0.329 e. The minimum Gasteiger partial charge on any atom is -0.329 e. The van der Waals surface area contributed by atoms with Crippen molar-refractivity contribution in [3.8, 4) is 0 Å². The van der Waals surface area contributed by atoms with Gasteiger partial charge in [-0.25, -0.2) is 9.67 Å². The second-order valence-corrected chi connectivity index (χ2v) is 5.36. The molecule has 1 amide bonds. The topological polar surface area (TPSA) is 85.8 Å². The summed E-state index contributed by atoms with van der Waals surface area (Å²) in [7, 11) is 0. The molecular formula is C15H21N5O. The van der Waals surface area contributed by atoms with Crippen molar-refractivity contribution in [1.29, 1.82) is 0 Å². The maximum Gasteiger partial charge on any atom is 0.231 e. The minimum atomic E-state index is -0.528. The van der Waals surface area contributed by atoms with Crippen molar-refractivity contribution in [2.24, 2.45) is 11.1 Å². The summed E-state index contributed by atoms with van der Waals surface area (Å²) in [5.41, 5.74) is 7.03. The van der Waals surface area contributed by atoms with E-state index >= 15 is 0 Å². The fraction of sp³-hybridized carbons (Fsp3) is 0.400. The third kappa shape index (κ3) is 3.66. The van der Waals surface area contributed by atoms with Crippen LogP contribution in [0.5, 0.6) is 0 Å². The van der Waals surface area contributed by atoms with Gasteiger partial charge in [-0.1, -0.05) is 19.1 Å². The van der Waals surface area contributed by atoms with Crippen LogP contribution in [0.25, 0.3) is 0 Å². The first-order valence-corrected chi connectivity index (χ1v) is 7.00. The molecule has 2 aromatic rings. The summed E-state index contributed by atoms with van der Waals surface area (Å²) in [4.78, 5) is 16.1. The van der Waals surface area contributed by atoms with Gasteiger partial charge in [0, 0.05) is 12.2 Å². The molecule has 0 saturated carbocycles. The Balaban J connectivity index is 2.01. The van der Waals surface area contributed by atoms with E-state index in [4.69, 9.17) is 5.73 Å². The smallest absolute Gasteiger partial charge is 0.231 e. The molecule has 1 atom stereocenters. The highest BCUT2D eigenvalue weighted by Gasteiger charge is 2.29. The van der Waals surface area contributed by atoms with Gasteiger partial charge in [0.15, 0.2) is 0 Å². The lowest BCUT2D eigenvalue weighted by Gasteiger charge is -2.25. The van der Waals surface area contributed by atoms with Crippen LogP contribution in [0.3, 0.4) is 0 Å². The van der Waals surface area contributed by atoms with E-state index in [0.29, 0.717) is 19.5 Å². The van der Waals surface area contributed by atoms with Gasteiger partial charge in [-0.2, -0.15) is 5.10 Å². The fourth-order valence-electron chi connectivity index (χ4n) is 1.87. The molecule has 0 spiro atoms. The van der Waals surface area contributed by atoms with Crippen molar-refractivity contribution < 1.29 is 4.79 Å². The van der Waals surface area contributed by atoms with Crippen LogP contribution in [0.1, 0.15) is 25.8 Å². The number of rotatable bonds is 6. The van der Waals surface area contributed by atoms with E-state index in [2.05, 4.69) is 15.4 Å². The number of benzene rings is 1. The van der Waals surface area contributed by atoms with Crippen LogP contribution in [0.4, 0.5) is 5.69 Å². The van der Waals surface area contributed by atoms with Crippen molar-refractivity contribution in [2.75, 3.05) is 11.9 Å². The zero-order chi connectivity index (χ0) is 15.3. The van der Waals surface area contributed by atoms with Crippen molar-refractivity contribution in [3.63, 3.8) is 0 Å². The van der Waals surface area contributed by atoms with Crippen LogP contribution in [0, 0.1) is 5.41 Å². The maximum atomic E-state index is 12.2. The van der Waals surface area contributed by atoms with E-state index in [1.54, 1.807) is 11.0 Å². The second kappa shape index (κ2) is 6.49. The number of carbonyl (C=O) groups is 1. The number of carbonyl (C=O) groups excluding carboxylic acids is 1. The van der Waals surface area contributed by atoms with Gasteiger partial charge in [0.1, 0.15) is 12.7 Å². The third-order valence-corrected chi connectivity index (χ3v) is 3.80. The molecule has 3 N–H and O–H groups in total. The molecule has 2 rings (SSSR count). The van der Waals surface area contributed by atoms with Crippen molar-refractivity contribution >= 4 is 11.6 Å². The highest BCUT2D eigenvalue weighted by Crippen LogP contribution is 2.22. The quantitative estimate of drug-likeness (QED) is 0.845. The first-order valence-electron chi connectivity index (χ1n) is 7.00. The van der Waals surface area contributed by atoms with E-state index in [9.17, 15) is 4.79 Å². The zero-order valence-electron chi connectivity index (χ0n) is 12.4. The molecule has 6 heteroatoms. The summed E-state index contributed by atoms with van der Waals surface area (Å²) in [6.45, 7) is 4.83. The summed E-state index contributed by atoms with van der Waals surface area (Å²) in [5.74, 6) is -0.0449. The molecule has 1 heterocycles. The molecular weight excluding hydrogens is 266 g/mol. The number of nitrogens with one attached hydrogen (secondary N) is 1. The predicted octanol–water partition coefficient (Wildman–Crippen LogP) is 1.64. The summed E-state index contributed by atoms with van der Waals surface area (Å²) >= 11 is 0. The number of hydrogen-bond donors (Lipinski definition) is 2. The van der Waals surface area contributed by atoms with Crippen LogP contribution < -0.4 is 11.1 Å². The molecule has 112 valence electrons. The minimum absolute atomic E-state index is 0.0449. The number of hydrogen-bond acceptors (Lipinski definition) is 4. The van der Waals surface area contributed by atoms with Gasteiger partial charge in [-0.15, -0.1) is 0 Å². The van der Waals surface area contributed by atoms with E-state index in [-0.39, 0.29) is 5.91 Å². The molecule has 0 bridgehead atoms. The first kappa shape index (κ1) is 15.2. The molecule has 0 aliphatic carbocycles. The van der Waals surface area contributed by atoms with Crippen molar-refractivity contribution in [1.82, 2.24) is 14.8 Å². The van der Waals surface area contributed by atoms with Gasteiger partial charge in [-0.05, 0) is 31.0 Å². The highest BCUT2D eigenvalue weighted by molar-refractivity contribution is 5.95. The van der Waals surface area contributed by atoms with Crippen LogP contribution >= 0.6 is 0 Å². The molecule has 1 aromatic heterocycles. The Kier molecular flexibility index (Phi) is 4.70. The average Bonchev–Trinajstić information content (AvgIpc) is 3.01. The highest BCUT2D eigenvalue weighted by atomic mass is 16.2. The van der Waals surface area contributed by atoms with Gasteiger partial charge in [0.25, 0.3) is 0 Å². The van der Waals surface area contributed by atoms with Crippen LogP contribution in [-0.2, 0) is 11.3 Å². The summed E-state index contributed by atoms with van der Waals surface area (Å²) in [6.07, 6.45) is 3.89. The van der Waals surface area contributed by atoms with Gasteiger partial charge >= 0.3 is 0 Å². The molecule has 1 aromatic carbocycles. The Morgan fingerprint density at radius 3 is 2.62 bits per heavy atom. The van der Waals surface area contributed by atoms with Gasteiger partial charge in [-0.3, -0.25) is 4.79 Å². The lowest BCUT2D eigenvalue weighted by Crippen LogP contribution is -2.39. The van der Waals surface area contributed by atoms with Gasteiger partial charge < -0.3 is 11.1 Å². The first-order chi connectivity index (χ1) is 10.1. The second-order valence-electron chi connectivity index (χ2n) is 5.36. The average molecular weight is 287 g/mol. The van der Waals surface area contributed by atoms with E-state index in [1.165, 1.54) is 6.33 Å². The summed E-state index contributed by atoms with van der Waals surface area (Å²) < 4.78 is 1.75. The molecule has 0 saturated heterocycles. The van der Waals surface area contributed by atoms with Gasteiger partial charge in [0.05, 0.1) is 12.0 Å². The standard InChI is InChI=1S/C15H21N5O/c1-3-15(2,9-16)14(21)19-13-6-4-12(5-7-13)8-20-11-17-10-18-20/h4-7,10-11H,3,8-9,16H2,1-2H3,(H,19,21). The number of anilines is 1. The Labute approximate surface area is 124 Å². The molecule has 0 aliphatic rings.